The lowest BCUT2D eigenvalue weighted by Gasteiger charge is -2.32. The second-order valence-corrected chi connectivity index (χ2v) is 5.00. The molecule has 1 aliphatic heterocycles. The molecule has 0 bridgehead atoms. The Bertz CT molecular complexity index is 459. The first kappa shape index (κ1) is 13.8. The highest BCUT2D eigenvalue weighted by molar-refractivity contribution is 6.33. The highest BCUT2D eigenvalue weighted by atomic mass is 35.5. The van der Waals surface area contributed by atoms with Gasteiger partial charge in [-0.05, 0) is 25.0 Å². The van der Waals surface area contributed by atoms with E-state index < -0.39 is 0 Å². The molecule has 1 fully saturated rings. The summed E-state index contributed by atoms with van der Waals surface area (Å²) in [7, 11) is 1.62. The van der Waals surface area contributed by atoms with Crippen molar-refractivity contribution in [1.29, 1.82) is 0 Å². The first-order valence-corrected chi connectivity index (χ1v) is 6.62. The molecule has 104 valence electrons. The van der Waals surface area contributed by atoms with E-state index in [2.05, 4.69) is 5.32 Å². The first-order valence-electron chi connectivity index (χ1n) is 6.24. The van der Waals surface area contributed by atoms with E-state index in [4.69, 9.17) is 22.1 Å². The number of nitrogens with zero attached hydrogens (tertiary/aromatic N) is 1. The minimum Gasteiger partial charge on any atom is -0.497 e. The van der Waals surface area contributed by atoms with E-state index in [0.29, 0.717) is 24.2 Å². The lowest BCUT2D eigenvalue weighted by Crippen LogP contribution is -2.44. The van der Waals surface area contributed by atoms with Crippen LogP contribution in [0.5, 0.6) is 5.75 Å². The Kier molecular flexibility index (Phi) is 4.37. The lowest BCUT2D eigenvalue weighted by molar-refractivity contribution is 0.193. The molecule has 0 atom stereocenters. The van der Waals surface area contributed by atoms with Gasteiger partial charge in [0.15, 0.2) is 0 Å². The van der Waals surface area contributed by atoms with Crippen molar-refractivity contribution < 1.29 is 9.53 Å². The molecule has 1 heterocycles. The summed E-state index contributed by atoms with van der Waals surface area (Å²) in [5.41, 5.74) is 6.12. The van der Waals surface area contributed by atoms with Gasteiger partial charge in [-0.1, -0.05) is 11.6 Å². The number of ether oxygens (including phenoxy) is 1. The van der Waals surface area contributed by atoms with Gasteiger partial charge in [0.05, 0.1) is 17.8 Å². The van der Waals surface area contributed by atoms with Crippen molar-refractivity contribution in [3.8, 4) is 5.75 Å². The molecule has 2 amide bonds. The Hall–Kier alpha value is -1.62. The number of halogens is 1. The second kappa shape index (κ2) is 6.02. The van der Waals surface area contributed by atoms with Gasteiger partial charge >= 0.3 is 6.03 Å². The molecule has 1 saturated heterocycles. The fourth-order valence-corrected chi connectivity index (χ4v) is 2.38. The van der Waals surface area contributed by atoms with Crippen LogP contribution in [0.25, 0.3) is 0 Å². The number of benzene rings is 1. The zero-order chi connectivity index (χ0) is 13.8. The highest BCUT2D eigenvalue weighted by Gasteiger charge is 2.21. The SMILES string of the molecule is COc1ccc(Cl)c(NC2CCN(C(N)=O)CC2)c1. The van der Waals surface area contributed by atoms with Crippen molar-refractivity contribution >= 4 is 23.3 Å². The topological polar surface area (TPSA) is 67.6 Å². The van der Waals surface area contributed by atoms with E-state index in [9.17, 15) is 4.79 Å². The summed E-state index contributed by atoms with van der Waals surface area (Å²) in [5.74, 6) is 0.765. The number of primary amides is 1. The van der Waals surface area contributed by atoms with Gasteiger partial charge in [0.1, 0.15) is 5.75 Å². The molecule has 1 aromatic rings. The number of amides is 2. The Morgan fingerprint density at radius 2 is 2.16 bits per heavy atom. The summed E-state index contributed by atoms with van der Waals surface area (Å²) in [6.45, 7) is 1.35. The van der Waals surface area contributed by atoms with Crippen LogP contribution in [-0.2, 0) is 0 Å². The van der Waals surface area contributed by atoms with Crippen LogP contribution in [0.1, 0.15) is 12.8 Å². The number of likely N-dealkylation sites (tertiary alicyclic amines) is 1. The lowest BCUT2D eigenvalue weighted by atomic mass is 10.0. The molecule has 6 heteroatoms. The number of methoxy groups -OCH3 is 1. The quantitative estimate of drug-likeness (QED) is 0.894. The average molecular weight is 284 g/mol. The molecular weight excluding hydrogens is 266 g/mol. The van der Waals surface area contributed by atoms with Gasteiger partial charge in [-0.2, -0.15) is 0 Å². The maximum absolute atomic E-state index is 11.0. The number of carbonyl (C=O) groups is 1. The van der Waals surface area contributed by atoms with Crippen molar-refractivity contribution in [2.24, 2.45) is 5.73 Å². The van der Waals surface area contributed by atoms with Crippen molar-refractivity contribution in [2.75, 3.05) is 25.5 Å². The number of nitrogens with one attached hydrogen (secondary N) is 1. The molecule has 5 nitrogen and oxygen atoms in total. The number of rotatable bonds is 3. The van der Waals surface area contributed by atoms with Crippen LogP contribution in [0.4, 0.5) is 10.5 Å². The van der Waals surface area contributed by atoms with Crippen LogP contribution in [0.2, 0.25) is 5.02 Å². The van der Waals surface area contributed by atoms with Crippen LogP contribution in [0.15, 0.2) is 18.2 Å². The monoisotopic (exact) mass is 283 g/mol. The molecule has 1 aliphatic rings. The molecule has 0 spiro atoms. The zero-order valence-corrected chi connectivity index (χ0v) is 11.6. The summed E-state index contributed by atoms with van der Waals surface area (Å²) in [6.07, 6.45) is 1.72. The molecule has 0 aromatic heterocycles. The Morgan fingerprint density at radius 3 is 2.74 bits per heavy atom. The Balaban J connectivity index is 1.97. The van der Waals surface area contributed by atoms with Crippen LogP contribution in [0, 0.1) is 0 Å². The highest BCUT2D eigenvalue weighted by Crippen LogP contribution is 2.28. The van der Waals surface area contributed by atoms with E-state index >= 15 is 0 Å². The third-order valence-electron chi connectivity index (χ3n) is 3.34. The molecule has 1 aromatic carbocycles. The molecule has 3 N–H and O–H groups in total. The van der Waals surface area contributed by atoms with Crippen LogP contribution in [0.3, 0.4) is 0 Å². The number of nitrogens with two attached hydrogens (primary N) is 1. The smallest absolute Gasteiger partial charge is 0.314 e. The van der Waals surface area contributed by atoms with Gasteiger partial charge in [-0.25, -0.2) is 4.79 Å². The molecular formula is C13H18ClN3O2. The largest absolute Gasteiger partial charge is 0.497 e. The minimum absolute atomic E-state index is 0.292. The van der Waals surface area contributed by atoms with E-state index in [0.717, 1.165) is 24.3 Å². The third kappa shape index (κ3) is 3.44. The van der Waals surface area contributed by atoms with Crippen LogP contribution >= 0.6 is 11.6 Å². The number of carbonyl (C=O) groups excluding carboxylic acids is 1. The molecule has 0 aliphatic carbocycles. The summed E-state index contributed by atoms with van der Waals surface area (Å²) >= 11 is 6.15. The summed E-state index contributed by atoms with van der Waals surface area (Å²) in [4.78, 5) is 12.7. The number of piperidine rings is 1. The predicted octanol–water partition coefficient (Wildman–Crippen LogP) is 2.30. The molecule has 0 saturated carbocycles. The number of anilines is 1. The summed E-state index contributed by atoms with van der Waals surface area (Å²) in [5, 5.41) is 4.06. The van der Waals surface area contributed by atoms with Gasteiger partial charge < -0.3 is 20.7 Å². The molecule has 19 heavy (non-hydrogen) atoms. The van der Waals surface area contributed by atoms with E-state index in [1.54, 1.807) is 18.1 Å². The third-order valence-corrected chi connectivity index (χ3v) is 3.67. The maximum atomic E-state index is 11.0. The summed E-state index contributed by atoms with van der Waals surface area (Å²) < 4.78 is 5.18. The van der Waals surface area contributed by atoms with Crippen molar-refractivity contribution in [3.05, 3.63) is 23.2 Å². The molecule has 0 radical (unpaired) electrons. The average Bonchev–Trinajstić information content (AvgIpc) is 2.42. The second-order valence-electron chi connectivity index (χ2n) is 4.59. The molecule has 0 unspecified atom stereocenters. The maximum Gasteiger partial charge on any atom is 0.314 e. The fourth-order valence-electron chi connectivity index (χ4n) is 2.21. The van der Waals surface area contributed by atoms with Gasteiger partial charge in [0, 0.05) is 25.2 Å². The Labute approximate surface area is 117 Å². The zero-order valence-electron chi connectivity index (χ0n) is 10.9. The first-order chi connectivity index (χ1) is 9.10. The predicted molar refractivity (Wildman–Crippen MR) is 75.8 cm³/mol. The van der Waals surface area contributed by atoms with Crippen molar-refractivity contribution in [1.82, 2.24) is 4.90 Å². The van der Waals surface area contributed by atoms with E-state index in [-0.39, 0.29) is 6.03 Å². The Morgan fingerprint density at radius 1 is 1.47 bits per heavy atom. The normalized spacial score (nSPS) is 16.2. The van der Waals surface area contributed by atoms with Gasteiger partial charge in [0.2, 0.25) is 0 Å². The van der Waals surface area contributed by atoms with Crippen LogP contribution in [-0.4, -0.2) is 37.2 Å². The van der Waals surface area contributed by atoms with E-state index in [1.807, 2.05) is 12.1 Å². The number of hydrogen-bond acceptors (Lipinski definition) is 3. The van der Waals surface area contributed by atoms with Gasteiger partial charge in [0.25, 0.3) is 0 Å². The number of urea groups is 1. The summed E-state index contributed by atoms with van der Waals surface area (Å²) in [6, 6.07) is 5.45. The number of hydrogen-bond donors (Lipinski definition) is 2. The molecule has 2 rings (SSSR count). The minimum atomic E-state index is -0.349. The van der Waals surface area contributed by atoms with Gasteiger partial charge in [-0.15, -0.1) is 0 Å². The van der Waals surface area contributed by atoms with Gasteiger partial charge in [-0.3, -0.25) is 0 Å². The fraction of sp³-hybridized carbons (Fsp3) is 0.462. The van der Waals surface area contributed by atoms with Crippen LogP contribution < -0.4 is 15.8 Å². The van der Waals surface area contributed by atoms with Crippen molar-refractivity contribution in [2.45, 2.75) is 18.9 Å². The van der Waals surface area contributed by atoms with E-state index in [1.165, 1.54) is 0 Å². The standard InChI is InChI=1S/C13H18ClN3O2/c1-19-10-2-3-11(14)12(8-10)16-9-4-6-17(7-5-9)13(15)18/h2-3,8-9,16H,4-7H2,1H3,(H2,15,18). The van der Waals surface area contributed by atoms with Crippen molar-refractivity contribution in [3.63, 3.8) is 0 Å².